The Morgan fingerprint density at radius 1 is 0.968 bits per heavy atom. The van der Waals surface area contributed by atoms with E-state index >= 15 is 0 Å². The highest BCUT2D eigenvalue weighted by Gasteiger charge is 2.20. The van der Waals surface area contributed by atoms with Gasteiger partial charge in [-0.1, -0.05) is 48.0 Å². The minimum Gasteiger partial charge on any atom is -0.363 e. The van der Waals surface area contributed by atoms with Crippen molar-refractivity contribution in [2.24, 2.45) is 0 Å². The summed E-state index contributed by atoms with van der Waals surface area (Å²) in [6.07, 6.45) is 0. The molecule has 0 bridgehead atoms. The zero-order valence-electron chi connectivity index (χ0n) is 18.3. The lowest BCUT2D eigenvalue weighted by Crippen LogP contribution is -2.46. The van der Waals surface area contributed by atoms with Gasteiger partial charge in [0.05, 0.1) is 10.7 Å². The highest BCUT2D eigenvalue weighted by atomic mass is 35.5. The Morgan fingerprint density at radius 3 is 2.39 bits per heavy atom. The fourth-order valence-corrected chi connectivity index (χ4v) is 3.95. The summed E-state index contributed by atoms with van der Waals surface area (Å²) in [6, 6.07) is 18.5. The molecule has 0 unspecified atom stereocenters. The Bertz CT molecular complexity index is 1020. The van der Waals surface area contributed by atoms with E-state index in [4.69, 9.17) is 21.6 Å². The topological polar surface area (TPSA) is 47.5 Å². The summed E-state index contributed by atoms with van der Waals surface area (Å²) in [4.78, 5) is 16.3. The Balaban J connectivity index is 1.49. The lowest BCUT2D eigenvalue weighted by Gasteiger charge is -2.35. The molecule has 0 spiro atoms. The number of anilines is 4. The van der Waals surface area contributed by atoms with Gasteiger partial charge < -0.3 is 15.1 Å². The largest absolute Gasteiger partial charge is 0.363 e. The van der Waals surface area contributed by atoms with Crippen LogP contribution in [0.15, 0.2) is 54.6 Å². The van der Waals surface area contributed by atoms with E-state index in [0.29, 0.717) is 5.02 Å². The van der Waals surface area contributed by atoms with Crippen molar-refractivity contribution in [2.45, 2.75) is 13.5 Å². The monoisotopic (exact) mass is 436 g/mol. The summed E-state index contributed by atoms with van der Waals surface area (Å²) in [5.41, 5.74) is 3.32. The third-order valence-corrected chi connectivity index (χ3v) is 5.76. The van der Waals surface area contributed by atoms with Crippen LogP contribution in [0.4, 0.5) is 23.3 Å². The van der Waals surface area contributed by atoms with Crippen molar-refractivity contribution in [1.29, 1.82) is 0 Å². The van der Waals surface area contributed by atoms with Crippen LogP contribution in [0, 0.1) is 6.92 Å². The summed E-state index contributed by atoms with van der Waals surface area (Å²) in [6.45, 7) is 6.77. The van der Waals surface area contributed by atoms with E-state index in [1.165, 1.54) is 5.56 Å². The number of hydrogen-bond donors (Lipinski definition) is 1. The first-order valence-electron chi connectivity index (χ1n) is 10.6. The minimum atomic E-state index is 0.682. The molecule has 1 aromatic heterocycles. The van der Waals surface area contributed by atoms with Crippen LogP contribution in [0.3, 0.4) is 0 Å². The molecule has 1 aliphatic heterocycles. The second-order valence-electron chi connectivity index (χ2n) is 8.16. The molecule has 0 aliphatic carbocycles. The fourth-order valence-electron chi connectivity index (χ4n) is 3.66. The van der Waals surface area contributed by atoms with Crippen LogP contribution in [0.2, 0.25) is 5.02 Å². The van der Waals surface area contributed by atoms with Gasteiger partial charge >= 0.3 is 0 Å². The van der Waals surface area contributed by atoms with Gasteiger partial charge in [-0.25, -0.2) is 0 Å². The van der Waals surface area contributed by atoms with E-state index < -0.39 is 0 Å². The quantitative estimate of drug-likeness (QED) is 0.610. The number of nitrogens with zero attached hydrogens (tertiary/aromatic N) is 5. The van der Waals surface area contributed by atoms with Gasteiger partial charge in [0.2, 0.25) is 5.95 Å². The zero-order chi connectivity index (χ0) is 21.8. The number of hydrogen-bond acceptors (Lipinski definition) is 6. The van der Waals surface area contributed by atoms with E-state index in [2.05, 4.69) is 45.4 Å². The van der Waals surface area contributed by atoms with Crippen molar-refractivity contribution in [2.75, 3.05) is 55.4 Å². The van der Waals surface area contributed by atoms with E-state index in [9.17, 15) is 0 Å². The third kappa shape index (κ3) is 5.46. The molecule has 2 heterocycles. The first kappa shape index (κ1) is 21.4. The van der Waals surface area contributed by atoms with Gasteiger partial charge in [-0.05, 0) is 30.2 Å². The van der Waals surface area contributed by atoms with Crippen LogP contribution in [-0.4, -0.2) is 55.1 Å². The molecule has 0 radical (unpaired) electrons. The molecule has 1 aliphatic rings. The van der Waals surface area contributed by atoms with Gasteiger partial charge in [0, 0.05) is 52.9 Å². The fraction of sp³-hybridized carbons (Fsp3) is 0.333. The molecular formula is C24H29ClN6. The number of nitrogens with one attached hydrogen (secondary N) is 1. The lowest BCUT2D eigenvalue weighted by molar-refractivity contribution is 0.249. The van der Waals surface area contributed by atoms with Crippen molar-refractivity contribution in [1.82, 2.24) is 14.9 Å². The predicted molar refractivity (Wildman–Crippen MR) is 130 cm³/mol. The number of halogens is 1. The number of rotatable bonds is 6. The van der Waals surface area contributed by atoms with Crippen LogP contribution in [0.25, 0.3) is 0 Å². The van der Waals surface area contributed by atoms with Crippen molar-refractivity contribution >= 4 is 34.9 Å². The van der Waals surface area contributed by atoms with Crippen molar-refractivity contribution < 1.29 is 0 Å². The molecule has 1 saturated heterocycles. The maximum atomic E-state index is 6.42. The van der Waals surface area contributed by atoms with Crippen LogP contribution >= 0.6 is 11.6 Å². The molecule has 6 nitrogen and oxygen atoms in total. The van der Waals surface area contributed by atoms with Gasteiger partial charge in [-0.15, -0.1) is 0 Å². The average Bonchev–Trinajstić information content (AvgIpc) is 2.77. The van der Waals surface area contributed by atoms with Crippen molar-refractivity contribution in [3.8, 4) is 0 Å². The summed E-state index contributed by atoms with van der Waals surface area (Å²) in [5.74, 6) is 2.35. The highest BCUT2D eigenvalue weighted by molar-refractivity contribution is 6.33. The smallest absolute Gasteiger partial charge is 0.229 e. The standard InChI is InChI=1S/C24H29ClN6/c1-18-9-10-21(20(25)15-18)26-22-16-23(29(2)3)28-24(27-22)31-13-11-30(12-14-31)17-19-7-5-4-6-8-19/h4-10,15-16H,11-14,17H2,1-3H3,(H,26,27,28). The molecular weight excluding hydrogens is 408 g/mol. The summed E-state index contributed by atoms with van der Waals surface area (Å²) >= 11 is 6.42. The predicted octanol–water partition coefficient (Wildman–Crippen LogP) is 4.57. The van der Waals surface area contributed by atoms with Crippen LogP contribution in [0.1, 0.15) is 11.1 Å². The van der Waals surface area contributed by atoms with Gasteiger partial charge in [0.25, 0.3) is 0 Å². The minimum absolute atomic E-state index is 0.682. The molecule has 4 rings (SSSR count). The van der Waals surface area contributed by atoms with Crippen LogP contribution in [-0.2, 0) is 6.54 Å². The van der Waals surface area contributed by atoms with E-state index in [0.717, 1.165) is 61.6 Å². The van der Waals surface area contributed by atoms with E-state index in [1.54, 1.807) is 0 Å². The number of benzene rings is 2. The second kappa shape index (κ2) is 9.54. The Kier molecular flexibility index (Phi) is 6.59. The summed E-state index contributed by atoms with van der Waals surface area (Å²) in [7, 11) is 3.99. The first-order chi connectivity index (χ1) is 15.0. The lowest BCUT2D eigenvalue weighted by atomic mass is 10.2. The Hall–Kier alpha value is -2.83. The number of aromatic nitrogens is 2. The van der Waals surface area contributed by atoms with Gasteiger partial charge in [-0.3, -0.25) is 4.90 Å². The molecule has 1 fully saturated rings. The zero-order valence-corrected chi connectivity index (χ0v) is 19.1. The van der Waals surface area contributed by atoms with Crippen molar-refractivity contribution in [3.63, 3.8) is 0 Å². The summed E-state index contributed by atoms with van der Waals surface area (Å²) < 4.78 is 0. The molecule has 0 amide bonds. The normalized spacial score (nSPS) is 14.5. The Morgan fingerprint density at radius 2 is 1.71 bits per heavy atom. The third-order valence-electron chi connectivity index (χ3n) is 5.45. The maximum Gasteiger partial charge on any atom is 0.229 e. The molecule has 31 heavy (non-hydrogen) atoms. The highest BCUT2D eigenvalue weighted by Crippen LogP contribution is 2.28. The maximum absolute atomic E-state index is 6.42. The Labute approximate surface area is 189 Å². The van der Waals surface area contributed by atoms with Crippen LogP contribution < -0.4 is 15.1 Å². The number of piperazine rings is 1. The molecule has 1 N–H and O–H groups in total. The first-order valence-corrected chi connectivity index (χ1v) is 11.0. The molecule has 2 aromatic carbocycles. The molecule has 0 atom stereocenters. The van der Waals surface area contributed by atoms with E-state index in [-0.39, 0.29) is 0 Å². The molecule has 0 saturated carbocycles. The van der Waals surface area contributed by atoms with Crippen LogP contribution in [0.5, 0.6) is 0 Å². The molecule has 7 heteroatoms. The van der Waals surface area contributed by atoms with Gasteiger partial charge in [0.1, 0.15) is 11.6 Å². The second-order valence-corrected chi connectivity index (χ2v) is 8.57. The summed E-state index contributed by atoms with van der Waals surface area (Å²) in [5, 5.41) is 4.05. The van der Waals surface area contributed by atoms with E-state index in [1.807, 2.05) is 50.2 Å². The van der Waals surface area contributed by atoms with Crippen molar-refractivity contribution in [3.05, 3.63) is 70.7 Å². The molecule has 162 valence electrons. The van der Waals surface area contributed by atoms with Gasteiger partial charge in [0.15, 0.2) is 0 Å². The number of aryl methyl sites for hydroxylation is 1. The average molecular weight is 437 g/mol. The van der Waals surface area contributed by atoms with Gasteiger partial charge in [-0.2, -0.15) is 9.97 Å². The molecule has 3 aromatic rings. The SMILES string of the molecule is Cc1ccc(Nc2cc(N(C)C)nc(N3CCN(Cc4ccccc4)CC3)n2)c(Cl)c1.